The Morgan fingerprint density at radius 3 is 2.29 bits per heavy atom. The Bertz CT molecular complexity index is 942. The number of imide groups is 1. The van der Waals surface area contributed by atoms with Crippen LogP contribution in [0.2, 0.25) is 0 Å². The van der Waals surface area contributed by atoms with Crippen LogP contribution in [0.3, 0.4) is 0 Å². The lowest BCUT2D eigenvalue weighted by molar-refractivity contribution is -0.126. The van der Waals surface area contributed by atoms with E-state index in [4.69, 9.17) is 4.74 Å². The van der Waals surface area contributed by atoms with Gasteiger partial charge >= 0.3 is 0 Å². The van der Waals surface area contributed by atoms with Crippen LogP contribution in [0.15, 0.2) is 48.5 Å². The summed E-state index contributed by atoms with van der Waals surface area (Å²) in [7, 11) is 1.65. The normalized spacial score (nSPS) is 27.4. The second-order valence-corrected chi connectivity index (χ2v) is 7.68. The lowest BCUT2D eigenvalue weighted by atomic mass is 9.89. The Morgan fingerprint density at radius 2 is 1.57 bits per heavy atom. The zero-order valence-electron chi connectivity index (χ0n) is 16.0. The number of hydrogen-bond acceptors (Lipinski definition) is 5. The van der Waals surface area contributed by atoms with Crippen LogP contribution in [-0.4, -0.2) is 48.1 Å². The van der Waals surface area contributed by atoms with E-state index in [1.807, 2.05) is 55.5 Å². The summed E-state index contributed by atoms with van der Waals surface area (Å²) in [4.78, 5) is 28.3. The van der Waals surface area contributed by atoms with Crippen LogP contribution in [0, 0.1) is 12.8 Å². The van der Waals surface area contributed by atoms with Crippen LogP contribution >= 0.6 is 0 Å². The molecule has 5 rings (SSSR count). The maximum absolute atomic E-state index is 13.5. The number of fused-ring (bicyclic) bond motifs is 3. The second-order valence-electron chi connectivity index (χ2n) is 7.68. The lowest BCUT2D eigenvalue weighted by Crippen LogP contribution is -2.44. The maximum Gasteiger partial charge on any atom is 0.253 e. The molecule has 0 spiro atoms. The topological polar surface area (TPSA) is 53.1 Å². The van der Waals surface area contributed by atoms with Crippen molar-refractivity contribution in [2.75, 3.05) is 25.1 Å². The molecule has 0 aromatic heterocycles. The van der Waals surface area contributed by atoms with E-state index in [2.05, 4.69) is 10.0 Å². The predicted octanol–water partition coefficient (Wildman–Crippen LogP) is 2.54. The largest absolute Gasteiger partial charge is 0.496 e. The van der Waals surface area contributed by atoms with E-state index in [1.165, 1.54) is 4.90 Å². The number of methoxy groups -OCH3 is 1. The molecule has 3 fully saturated rings. The van der Waals surface area contributed by atoms with Crippen LogP contribution in [-0.2, 0) is 9.59 Å². The number of nitrogens with zero attached hydrogens (tertiary/aromatic N) is 3. The van der Waals surface area contributed by atoms with Gasteiger partial charge in [-0.05, 0) is 31.5 Å². The molecule has 6 heteroatoms. The molecule has 3 aliphatic heterocycles. The number of anilines is 1. The smallest absolute Gasteiger partial charge is 0.253 e. The fourth-order valence-corrected chi connectivity index (χ4v) is 4.95. The van der Waals surface area contributed by atoms with Crippen LogP contribution in [0.1, 0.15) is 23.6 Å². The molecule has 2 aromatic carbocycles. The Morgan fingerprint density at radius 1 is 0.893 bits per heavy atom. The van der Waals surface area contributed by atoms with Gasteiger partial charge in [-0.15, -0.1) is 0 Å². The van der Waals surface area contributed by atoms with Crippen molar-refractivity contribution in [3.63, 3.8) is 0 Å². The SMILES string of the molecule is COc1ccccc1[C@H]1[C@H]2C(=O)N(c3ccc(C)cc3)C(=O)[C@H]2N2CCCN12. The van der Waals surface area contributed by atoms with E-state index in [1.54, 1.807) is 7.11 Å². The molecule has 0 aliphatic carbocycles. The third-order valence-corrected chi connectivity index (χ3v) is 6.16. The van der Waals surface area contributed by atoms with Crippen molar-refractivity contribution in [3.05, 3.63) is 59.7 Å². The molecule has 28 heavy (non-hydrogen) atoms. The number of benzene rings is 2. The Balaban J connectivity index is 1.60. The van der Waals surface area contributed by atoms with Crippen molar-refractivity contribution in [2.45, 2.75) is 25.4 Å². The van der Waals surface area contributed by atoms with Crippen molar-refractivity contribution in [1.29, 1.82) is 0 Å². The number of hydrogen-bond donors (Lipinski definition) is 0. The van der Waals surface area contributed by atoms with E-state index in [-0.39, 0.29) is 17.9 Å². The first-order valence-corrected chi connectivity index (χ1v) is 9.72. The number of amides is 2. The molecule has 0 N–H and O–H groups in total. The number of para-hydroxylation sites is 1. The minimum absolute atomic E-state index is 0.121. The number of hydrazine groups is 1. The molecule has 0 radical (unpaired) electrons. The van der Waals surface area contributed by atoms with Crippen molar-refractivity contribution in [2.24, 2.45) is 5.92 Å². The van der Waals surface area contributed by atoms with Crippen molar-refractivity contribution in [1.82, 2.24) is 10.0 Å². The van der Waals surface area contributed by atoms with E-state index >= 15 is 0 Å². The molecule has 0 saturated carbocycles. The summed E-state index contributed by atoms with van der Waals surface area (Å²) >= 11 is 0. The van der Waals surface area contributed by atoms with Crippen molar-refractivity contribution < 1.29 is 14.3 Å². The van der Waals surface area contributed by atoms with Gasteiger partial charge in [-0.3, -0.25) is 9.59 Å². The molecule has 6 nitrogen and oxygen atoms in total. The summed E-state index contributed by atoms with van der Waals surface area (Å²) in [5.41, 5.74) is 2.72. The third kappa shape index (κ3) is 2.34. The number of rotatable bonds is 3. The van der Waals surface area contributed by atoms with Gasteiger partial charge in [0.1, 0.15) is 11.8 Å². The molecule has 2 amide bonds. The first-order valence-electron chi connectivity index (χ1n) is 9.72. The van der Waals surface area contributed by atoms with E-state index in [0.29, 0.717) is 5.69 Å². The average Bonchev–Trinajstić information content (AvgIpc) is 3.35. The van der Waals surface area contributed by atoms with Gasteiger partial charge in [0.15, 0.2) is 0 Å². The zero-order valence-corrected chi connectivity index (χ0v) is 16.0. The van der Waals surface area contributed by atoms with Gasteiger partial charge < -0.3 is 4.74 Å². The molecule has 3 aliphatic rings. The highest BCUT2D eigenvalue weighted by molar-refractivity contribution is 6.24. The van der Waals surface area contributed by atoms with Crippen LogP contribution < -0.4 is 9.64 Å². The highest BCUT2D eigenvalue weighted by Gasteiger charge is 2.63. The monoisotopic (exact) mass is 377 g/mol. The molecular formula is C22H23N3O3. The molecule has 0 unspecified atom stereocenters. The van der Waals surface area contributed by atoms with Gasteiger partial charge in [0.05, 0.1) is 24.8 Å². The van der Waals surface area contributed by atoms with Crippen LogP contribution in [0.5, 0.6) is 5.75 Å². The standard InChI is InChI=1S/C22H23N3O3/c1-14-8-10-15(11-9-14)25-21(26)18-19(16-6-3-4-7-17(16)28-2)23-12-5-13-24(23)20(18)22(25)27/h3-4,6-11,18-20H,5,12-13H2,1-2H3/t18-,19+,20+/m1/s1. The fraction of sp³-hybridized carbons (Fsp3) is 0.364. The summed E-state index contributed by atoms with van der Waals surface area (Å²) in [6.45, 7) is 3.64. The number of aryl methyl sites for hydroxylation is 1. The molecule has 0 bridgehead atoms. The van der Waals surface area contributed by atoms with Crippen LogP contribution in [0.4, 0.5) is 5.69 Å². The van der Waals surface area contributed by atoms with Gasteiger partial charge in [0, 0.05) is 18.7 Å². The molecule has 3 heterocycles. The lowest BCUT2D eigenvalue weighted by Gasteiger charge is -2.30. The Labute approximate surface area is 164 Å². The maximum atomic E-state index is 13.5. The predicted molar refractivity (Wildman–Crippen MR) is 105 cm³/mol. The Kier molecular flexibility index (Phi) is 4.00. The summed E-state index contributed by atoms with van der Waals surface area (Å²) < 4.78 is 5.59. The Hall–Kier alpha value is -2.70. The molecule has 144 valence electrons. The number of carbonyl (C=O) groups excluding carboxylic acids is 2. The summed E-state index contributed by atoms with van der Waals surface area (Å²) in [5, 5.41) is 4.31. The fourth-order valence-electron chi connectivity index (χ4n) is 4.95. The van der Waals surface area contributed by atoms with Gasteiger partial charge in [-0.25, -0.2) is 14.9 Å². The molecule has 2 aromatic rings. The zero-order chi connectivity index (χ0) is 19.4. The van der Waals surface area contributed by atoms with Gasteiger partial charge in [0.2, 0.25) is 5.91 Å². The summed E-state index contributed by atoms with van der Waals surface area (Å²) in [6.07, 6.45) is 0.987. The highest BCUT2D eigenvalue weighted by Crippen LogP contribution is 2.50. The van der Waals surface area contributed by atoms with Crippen LogP contribution in [0.25, 0.3) is 0 Å². The molecule has 3 saturated heterocycles. The van der Waals surface area contributed by atoms with Gasteiger partial charge in [-0.1, -0.05) is 35.9 Å². The quantitative estimate of drug-likeness (QED) is 0.770. The summed E-state index contributed by atoms with van der Waals surface area (Å²) in [5.74, 6) is 0.0896. The van der Waals surface area contributed by atoms with E-state index < -0.39 is 12.0 Å². The van der Waals surface area contributed by atoms with E-state index in [0.717, 1.165) is 36.4 Å². The van der Waals surface area contributed by atoms with Gasteiger partial charge in [0.25, 0.3) is 5.91 Å². The van der Waals surface area contributed by atoms with Crippen molar-refractivity contribution >= 4 is 17.5 Å². The van der Waals surface area contributed by atoms with E-state index in [9.17, 15) is 9.59 Å². The average molecular weight is 377 g/mol. The molecule has 3 atom stereocenters. The first kappa shape index (κ1) is 17.4. The summed E-state index contributed by atoms with van der Waals surface area (Å²) in [6, 6.07) is 14.8. The number of carbonyl (C=O) groups is 2. The third-order valence-electron chi connectivity index (χ3n) is 6.16. The second kappa shape index (κ2) is 6.43. The highest BCUT2D eigenvalue weighted by atomic mass is 16.5. The minimum Gasteiger partial charge on any atom is -0.496 e. The minimum atomic E-state index is -0.439. The number of ether oxygens (including phenoxy) is 1. The van der Waals surface area contributed by atoms with Crippen molar-refractivity contribution in [3.8, 4) is 5.75 Å². The van der Waals surface area contributed by atoms with Gasteiger partial charge in [-0.2, -0.15) is 0 Å². The first-order chi connectivity index (χ1) is 13.6. The molecular weight excluding hydrogens is 354 g/mol.